The Bertz CT molecular complexity index is 141. The molecule has 1 N–H and O–H groups in total. The summed E-state index contributed by atoms with van der Waals surface area (Å²) in [5.41, 5.74) is 0. The predicted molar refractivity (Wildman–Crippen MR) is 42.2 cm³/mol. The van der Waals surface area contributed by atoms with E-state index in [0.717, 1.165) is 13.0 Å². The maximum absolute atomic E-state index is 11.0. The number of nitrogens with one attached hydrogen (secondary N) is 1. The van der Waals surface area contributed by atoms with Crippen LogP contribution in [-0.2, 0) is 9.53 Å². The number of carbonyl (C=O) groups excluding carboxylic acids is 1. The first-order valence-corrected chi connectivity index (χ1v) is 4.07. The van der Waals surface area contributed by atoms with Gasteiger partial charge in [0.05, 0.1) is 13.0 Å². The van der Waals surface area contributed by atoms with Crippen LogP contribution >= 0.6 is 0 Å². The second kappa shape index (κ2) is 3.72. The molecule has 0 bridgehead atoms. The highest BCUT2D eigenvalue weighted by Gasteiger charge is 2.26. The molecule has 0 radical (unpaired) electrons. The Labute approximate surface area is 67.1 Å². The molecule has 0 amide bonds. The van der Waals surface area contributed by atoms with E-state index in [1.54, 1.807) is 0 Å². The third-order valence-electron chi connectivity index (χ3n) is 2.27. The van der Waals surface area contributed by atoms with Gasteiger partial charge in [0.2, 0.25) is 0 Å². The summed E-state index contributed by atoms with van der Waals surface area (Å²) in [6.07, 6.45) is 2.27. The van der Waals surface area contributed by atoms with Gasteiger partial charge in [-0.15, -0.1) is 0 Å². The Hall–Kier alpha value is -0.570. The van der Waals surface area contributed by atoms with Crippen molar-refractivity contribution in [3.8, 4) is 0 Å². The summed E-state index contributed by atoms with van der Waals surface area (Å²) in [5, 5.41) is 3.27. The zero-order valence-corrected chi connectivity index (χ0v) is 7.09. The molecular weight excluding hydrogens is 142 g/mol. The Morgan fingerprint density at radius 1 is 1.73 bits per heavy atom. The van der Waals surface area contributed by atoms with Crippen LogP contribution in [0.1, 0.15) is 19.8 Å². The average Bonchev–Trinajstić information content (AvgIpc) is 2.53. The van der Waals surface area contributed by atoms with Crippen LogP contribution in [0.5, 0.6) is 0 Å². The molecule has 64 valence electrons. The van der Waals surface area contributed by atoms with E-state index in [4.69, 9.17) is 0 Å². The van der Waals surface area contributed by atoms with Crippen molar-refractivity contribution in [3.63, 3.8) is 0 Å². The smallest absolute Gasteiger partial charge is 0.309 e. The van der Waals surface area contributed by atoms with E-state index < -0.39 is 0 Å². The van der Waals surface area contributed by atoms with Crippen LogP contribution in [0.4, 0.5) is 0 Å². The molecule has 3 nitrogen and oxygen atoms in total. The molecule has 1 aliphatic heterocycles. The highest BCUT2D eigenvalue weighted by Crippen LogP contribution is 2.15. The van der Waals surface area contributed by atoms with Gasteiger partial charge in [0.1, 0.15) is 0 Å². The first-order chi connectivity index (χ1) is 5.25. The quantitative estimate of drug-likeness (QED) is 0.595. The van der Waals surface area contributed by atoms with Gasteiger partial charge in [0.25, 0.3) is 0 Å². The molecular formula is C8H15NO2. The van der Waals surface area contributed by atoms with Crippen molar-refractivity contribution in [1.82, 2.24) is 5.32 Å². The lowest BCUT2D eigenvalue weighted by Crippen LogP contribution is -2.34. The number of methoxy groups -OCH3 is 1. The molecule has 0 aromatic carbocycles. The maximum Gasteiger partial charge on any atom is 0.309 e. The van der Waals surface area contributed by atoms with Gasteiger partial charge in [-0.3, -0.25) is 4.79 Å². The fourth-order valence-electron chi connectivity index (χ4n) is 1.49. The van der Waals surface area contributed by atoms with E-state index in [2.05, 4.69) is 10.1 Å². The van der Waals surface area contributed by atoms with Crippen LogP contribution in [0.25, 0.3) is 0 Å². The van der Waals surface area contributed by atoms with E-state index in [0.29, 0.717) is 6.04 Å². The molecule has 3 heteroatoms. The number of esters is 1. The number of hydrogen-bond donors (Lipinski definition) is 1. The van der Waals surface area contributed by atoms with Gasteiger partial charge < -0.3 is 10.1 Å². The molecule has 1 fully saturated rings. The van der Waals surface area contributed by atoms with Gasteiger partial charge in [-0.2, -0.15) is 0 Å². The summed E-state index contributed by atoms with van der Waals surface area (Å²) in [6, 6.07) is 0.336. The summed E-state index contributed by atoms with van der Waals surface area (Å²) < 4.78 is 4.65. The number of hydrogen-bond acceptors (Lipinski definition) is 3. The minimum atomic E-state index is -0.107. The highest BCUT2D eigenvalue weighted by atomic mass is 16.5. The van der Waals surface area contributed by atoms with Gasteiger partial charge >= 0.3 is 5.97 Å². The van der Waals surface area contributed by atoms with Crippen molar-refractivity contribution >= 4 is 5.97 Å². The Kier molecular flexibility index (Phi) is 2.88. The number of carbonyl (C=O) groups is 1. The van der Waals surface area contributed by atoms with E-state index >= 15 is 0 Å². The maximum atomic E-state index is 11.0. The average molecular weight is 157 g/mol. The van der Waals surface area contributed by atoms with E-state index in [9.17, 15) is 4.79 Å². The molecule has 0 spiro atoms. The normalized spacial score (nSPS) is 26.5. The lowest BCUT2D eigenvalue weighted by Gasteiger charge is -2.16. The Morgan fingerprint density at radius 3 is 2.91 bits per heavy atom. The molecule has 2 atom stereocenters. The molecule has 1 saturated heterocycles. The minimum Gasteiger partial charge on any atom is -0.469 e. The van der Waals surface area contributed by atoms with Gasteiger partial charge in [-0.05, 0) is 19.4 Å². The predicted octanol–water partition coefficient (Wildman–Crippen LogP) is 0.547. The van der Waals surface area contributed by atoms with Gasteiger partial charge in [-0.25, -0.2) is 0 Å². The molecule has 0 aromatic heterocycles. The number of ether oxygens (including phenoxy) is 1. The second-order valence-electron chi connectivity index (χ2n) is 3.01. The lowest BCUT2D eigenvalue weighted by atomic mass is 10.0. The van der Waals surface area contributed by atoms with Crippen LogP contribution in [0, 0.1) is 5.92 Å². The van der Waals surface area contributed by atoms with Crippen molar-refractivity contribution in [1.29, 1.82) is 0 Å². The summed E-state index contributed by atoms with van der Waals surface area (Å²) in [6.45, 7) is 2.95. The number of rotatable bonds is 2. The molecule has 1 rings (SSSR count). The molecule has 11 heavy (non-hydrogen) atoms. The largest absolute Gasteiger partial charge is 0.469 e. The van der Waals surface area contributed by atoms with Crippen LogP contribution in [-0.4, -0.2) is 25.7 Å². The standard InChI is InChI=1S/C8H15NO2/c1-6(8(10)11-2)7-4-3-5-9-7/h6-7,9H,3-5H2,1-2H3. The lowest BCUT2D eigenvalue weighted by molar-refractivity contribution is -0.145. The highest BCUT2D eigenvalue weighted by molar-refractivity contribution is 5.72. The van der Waals surface area contributed by atoms with E-state index in [1.165, 1.54) is 13.5 Å². The molecule has 2 unspecified atom stereocenters. The first-order valence-electron chi connectivity index (χ1n) is 4.07. The van der Waals surface area contributed by atoms with E-state index in [-0.39, 0.29) is 11.9 Å². The van der Waals surface area contributed by atoms with Crippen molar-refractivity contribution in [2.24, 2.45) is 5.92 Å². The van der Waals surface area contributed by atoms with Crippen LogP contribution < -0.4 is 5.32 Å². The first kappa shape index (κ1) is 8.53. The molecule has 1 heterocycles. The summed E-state index contributed by atoms with van der Waals surface area (Å²) >= 11 is 0. The summed E-state index contributed by atoms with van der Waals surface area (Å²) in [4.78, 5) is 11.0. The SMILES string of the molecule is COC(=O)C(C)C1CCCN1. The van der Waals surface area contributed by atoms with Crippen LogP contribution in [0.2, 0.25) is 0 Å². The molecule has 0 saturated carbocycles. The van der Waals surface area contributed by atoms with Crippen molar-refractivity contribution < 1.29 is 9.53 Å². The monoisotopic (exact) mass is 157 g/mol. The van der Waals surface area contributed by atoms with Crippen LogP contribution in [0.15, 0.2) is 0 Å². The molecule has 0 aliphatic carbocycles. The Balaban J connectivity index is 2.39. The summed E-state index contributed by atoms with van der Waals surface area (Å²) in [7, 11) is 1.44. The molecule has 1 aliphatic rings. The van der Waals surface area contributed by atoms with Gasteiger partial charge in [0.15, 0.2) is 0 Å². The van der Waals surface area contributed by atoms with Gasteiger partial charge in [0, 0.05) is 6.04 Å². The van der Waals surface area contributed by atoms with Crippen molar-refractivity contribution in [3.05, 3.63) is 0 Å². The fraction of sp³-hybridized carbons (Fsp3) is 0.875. The second-order valence-corrected chi connectivity index (χ2v) is 3.01. The van der Waals surface area contributed by atoms with Crippen LogP contribution in [0.3, 0.4) is 0 Å². The minimum absolute atomic E-state index is 0.00231. The fourth-order valence-corrected chi connectivity index (χ4v) is 1.49. The summed E-state index contributed by atoms with van der Waals surface area (Å²) in [5.74, 6) is -0.105. The Morgan fingerprint density at radius 2 is 2.45 bits per heavy atom. The molecule has 0 aromatic rings. The van der Waals surface area contributed by atoms with Crippen molar-refractivity contribution in [2.75, 3.05) is 13.7 Å². The van der Waals surface area contributed by atoms with E-state index in [1.807, 2.05) is 6.92 Å². The zero-order chi connectivity index (χ0) is 8.27. The third-order valence-corrected chi connectivity index (χ3v) is 2.27. The van der Waals surface area contributed by atoms with Gasteiger partial charge in [-0.1, -0.05) is 6.92 Å². The third kappa shape index (κ3) is 1.93. The zero-order valence-electron chi connectivity index (χ0n) is 7.09. The topological polar surface area (TPSA) is 38.3 Å². The van der Waals surface area contributed by atoms with Crippen molar-refractivity contribution in [2.45, 2.75) is 25.8 Å².